The van der Waals surface area contributed by atoms with E-state index >= 15 is 0 Å². The van der Waals surface area contributed by atoms with Gasteiger partial charge in [-0.25, -0.2) is 17.5 Å². The van der Waals surface area contributed by atoms with Crippen molar-refractivity contribution in [2.45, 2.75) is 24.3 Å². The maximum absolute atomic E-state index is 13.5. The fourth-order valence-electron chi connectivity index (χ4n) is 1.67. The van der Waals surface area contributed by atoms with Gasteiger partial charge in [-0.2, -0.15) is 0 Å². The molecule has 0 aliphatic heterocycles. The molecule has 0 aliphatic rings. The van der Waals surface area contributed by atoms with E-state index in [9.17, 15) is 17.9 Å². The number of halogens is 1. The van der Waals surface area contributed by atoms with Gasteiger partial charge in [-0.3, -0.25) is 0 Å². The van der Waals surface area contributed by atoms with Crippen molar-refractivity contribution >= 4 is 15.7 Å². The van der Waals surface area contributed by atoms with Crippen LogP contribution in [-0.2, 0) is 14.8 Å². The Morgan fingerprint density at radius 1 is 1.50 bits per heavy atom. The van der Waals surface area contributed by atoms with E-state index in [-0.39, 0.29) is 35.7 Å². The van der Waals surface area contributed by atoms with E-state index in [1.807, 2.05) is 0 Å². The number of anilines is 1. The first-order chi connectivity index (χ1) is 9.27. The van der Waals surface area contributed by atoms with Crippen LogP contribution in [0.25, 0.3) is 0 Å². The maximum atomic E-state index is 13.5. The molecule has 8 heteroatoms. The van der Waals surface area contributed by atoms with Gasteiger partial charge in [0.2, 0.25) is 10.0 Å². The molecule has 1 aromatic rings. The summed E-state index contributed by atoms with van der Waals surface area (Å²) in [4.78, 5) is -0.198. The molecule has 20 heavy (non-hydrogen) atoms. The van der Waals surface area contributed by atoms with E-state index in [0.29, 0.717) is 0 Å². The van der Waals surface area contributed by atoms with Gasteiger partial charge < -0.3 is 15.6 Å². The molecule has 1 aromatic carbocycles. The minimum absolute atomic E-state index is 0.00383. The Labute approximate surface area is 117 Å². The Morgan fingerprint density at radius 2 is 2.15 bits per heavy atom. The third kappa shape index (κ3) is 4.41. The maximum Gasteiger partial charge on any atom is 0.241 e. The Balaban J connectivity index is 2.80. The van der Waals surface area contributed by atoms with Crippen LogP contribution in [0.1, 0.15) is 12.0 Å². The number of aliphatic hydroxyl groups excluding tert-OH is 1. The number of benzene rings is 1. The van der Waals surface area contributed by atoms with Crippen LogP contribution in [0.15, 0.2) is 17.0 Å². The van der Waals surface area contributed by atoms with Crippen molar-refractivity contribution in [3.8, 4) is 0 Å². The Kier molecular flexibility index (Phi) is 5.88. The zero-order valence-corrected chi connectivity index (χ0v) is 12.2. The molecule has 0 bridgehead atoms. The second-order valence-electron chi connectivity index (χ2n) is 4.42. The van der Waals surface area contributed by atoms with Crippen LogP contribution in [0.5, 0.6) is 0 Å². The number of nitrogens with one attached hydrogen (secondary N) is 1. The molecule has 114 valence electrons. The van der Waals surface area contributed by atoms with Gasteiger partial charge in [-0.05, 0) is 25.5 Å². The number of nitrogens with two attached hydrogens (primary N) is 1. The van der Waals surface area contributed by atoms with Gasteiger partial charge >= 0.3 is 0 Å². The topological polar surface area (TPSA) is 102 Å². The lowest BCUT2D eigenvalue weighted by Crippen LogP contribution is -2.29. The zero-order valence-electron chi connectivity index (χ0n) is 11.4. The first-order valence-electron chi connectivity index (χ1n) is 6.00. The van der Waals surface area contributed by atoms with E-state index < -0.39 is 21.9 Å². The highest BCUT2D eigenvalue weighted by Crippen LogP contribution is 2.21. The summed E-state index contributed by atoms with van der Waals surface area (Å²) in [7, 11) is -2.43. The summed E-state index contributed by atoms with van der Waals surface area (Å²) in [5.74, 6) is -0.676. The minimum atomic E-state index is -3.87. The largest absolute Gasteiger partial charge is 0.399 e. The van der Waals surface area contributed by atoms with Gasteiger partial charge in [0, 0.05) is 24.9 Å². The number of nitrogen functional groups attached to an aromatic ring is 1. The molecule has 4 N–H and O–H groups in total. The summed E-state index contributed by atoms with van der Waals surface area (Å²) in [5, 5.41) is 9.42. The molecule has 1 atom stereocenters. The third-order valence-electron chi connectivity index (χ3n) is 2.74. The quantitative estimate of drug-likeness (QED) is 0.633. The van der Waals surface area contributed by atoms with Crippen molar-refractivity contribution in [1.29, 1.82) is 0 Å². The average Bonchev–Trinajstić information content (AvgIpc) is 2.33. The van der Waals surface area contributed by atoms with E-state index in [1.165, 1.54) is 20.1 Å². The summed E-state index contributed by atoms with van der Waals surface area (Å²) < 4.78 is 44.6. The zero-order chi connectivity index (χ0) is 15.3. The standard InChI is InChI=1S/C12H19FN2O4S/c1-8-11(13)5-9(14)6-12(8)20(17,18)15-4-3-10(16)7-19-2/h5-6,10,15-16H,3-4,7,14H2,1-2H3. The van der Waals surface area contributed by atoms with E-state index in [1.54, 1.807) is 0 Å². The SMILES string of the molecule is COCC(O)CCNS(=O)(=O)c1cc(N)cc(F)c1C. The number of rotatable bonds is 7. The van der Waals surface area contributed by atoms with Crippen LogP contribution < -0.4 is 10.5 Å². The lowest BCUT2D eigenvalue weighted by Gasteiger charge is -2.12. The number of hydrogen-bond donors (Lipinski definition) is 3. The minimum Gasteiger partial charge on any atom is -0.399 e. The predicted octanol–water partition coefficient (Wildman–Crippen LogP) is 0.392. The van der Waals surface area contributed by atoms with Crippen molar-refractivity contribution < 1.29 is 22.7 Å². The van der Waals surface area contributed by atoms with E-state index in [0.717, 1.165) is 6.07 Å². The van der Waals surface area contributed by atoms with Crippen LogP contribution >= 0.6 is 0 Å². The highest BCUT2D eigenvalue weighted by Gasteiger charge is 2.19. The van der Waals surface area contributed by atoms with Gasteiger partial charge in [-0.15, -0.1) is 0 Å². The highest BCUT2D eigenvalue weighted by molar-refractivity contribution is 7.89. The van der Waals surface area contributed by atoms with Crippen molar-refractivity contribution in [3.05, 3.63) is 23.5 Å². The van der Waals surface area contributed by atoms with Crippen molar-refractivity contribution in [2.24, 2.45) is 0 Å². The molecular formula is C12H19FN2O4S. The summed E-state index contributed by atoms with van der Waals surface area (Å²) >= 11 is 0. The molecule has 0 aromatic heterocycles. The lowest BCUT2D eigenvalue weighted by atomic mass is 10.2. The molecule has 0 saturated carbocycles. The second-order valence-corrected chi connectivity index (χ2v) is 6.16. The number of aliphatic hydroxyl groups is 1. The van der Waals surface area contributed by atoms with Crippen LogP contribution in [0.4, 0.5) is 10.1 Å². The number of hydrogen-bond acceptors (Lipinski definition) is 5. The van der Waals surface area contributed by atoms with Crippen LogP contribution in [0.3, 0.4) is 0 Å². The molecule has 6 nitrogen and oxygen atoms in total. The molecule has 0 radical (unpaired) electrons. The van der Waals surface area contributed by atoms with Gasteiger partial charge in [0.05, 0.1) is 17.6 Å². The van der Waals surface area contributed by atoms with Crippen molar-refractivity contribution in [1.82, 2.24) is 4.72 Å². The van der Waals surface area contributed by atoms with Crippen LogP contribution in [0.2, 0.25) is 0 Å². The first-order valence-corrected chi connectivity index (χ1v) is 7.48. The Morgan fingerprint density at radius 3 is 2.75 bits per heavy atom. The third-order valence-corrected chi connectivity index (χ3v) is 4.32. The monoisotopic (exact) mass is 306 g/mol. The van der Waals surface area contributed by atoms with Crippen molar-refractivity contribution in [3.63, 3.8) is 0 Å². The normalized spacial score (nSPS) is 13.4. The molecule has 0 saturated heterocycles. The number of ether oxygens (including phenoxy) is 1. The number of methoxy groups -OCH3 is 1. The van der Waals surface area contributed by atoms with Gasteiger partial charge in [-0.1, -0.05) is 0 Å². The summed E-state index contributed by atoms with van der Waals surface area (Å²) in [6, 6.07) is 2.27. The lowest BCUT2D eigenvalue weighted by molar-refractivity contribution is 0.0603. The fourth-order valence-corrected chi connectivity index (χ4v) is 3.00. The van der Waals surface area contributed by atoms with Gasteiger partial charge in [0.1, 0.15) is 5.82 Å². The average molecular weight is 306 g/mol. The van der Waals surface area contributed by atoms with Crippen LogP contribution in [0, 0.1) is 12.7 Å². The molecule has 0 spiro atoms. The fraction of sp³-hybridized carbons (Fsp3) is 0.500. The van der Waals surface area contributed by atoms with Gasteiger partial charge in [0.15, 0.2) is 0 Å². The molecule has 1 rings (SSSR count). The highest BCUT2D eigenvalue weighted by atomic mass is 32.2. The molecule has 1 unspecified atom stereocenters. The molecule has 0 heterocycles. The van der Waals surface area contributed by atoms with Crippen LogP contribution in [-0.4, -0.2) is 39.9 Å². The smallest absolute Gasteiger partial charge is 0.241 e. The summed E-state index contributed by atoms with van der Waals surface area (Å²) in [5.41, 5.74) is 5.49. The Hall–Kier alpha value is -1.22. The molecule has 0 fully saturated rings. The second kappa shape index (κ2) is 6.98. The predicted molar refractivity (Wildman–Crippen MR) is 73.2 cm³/mol. The first kappa shape index (κ1) is 16.8. The molecule has 0 aliphatic carbocycles. The molecular weight excluding hydrogens is 287 g/mol. The number of sulfonamides is 1. The summed E-state index contributed by atoms with van der Waals surface area (Å²) in [6.07, 6.45) is -0.571. The van der Waals surface area contributed by atoms with Gasteiger partial charge in [0.25, 0.3) is 0 Å². The van der Waals surface area contributed by atoms with E-state index in [2.05, 4.69) is 4.72 Å². The summed E-state index contributed by atoms with van der Waals surface area (Å²) in [6.45, 7) is 1.50. The van der Waals surface area contributed by atoms with Crippen molar-refractivity contribution in [2.75, 3.05) is 26.0 Å². The Bertz CT molecular complexity index is 563. The molecule has 0 amide bonds. The van der Waals surface area contributed by atoms with E-state index in [4.69, 9.17) is 10.5 Å².